The zero-order valence-electron chi connectivity index (χ0n) is 23.8. The molecule has 2 aliphatic heterocycles. The molecule has 0 amide bonds. The van der Waals surface area contributed by atoms with Crippen LogP contribution in [0.5, 0.6) is 11.5 Å². The molecule has 2 fully saturated rings. The van der Waals surface area contributed by atoms with Gasteiger partial charge in [-0.15, -0.1) is 0 Å². The number of aryl methyl sites for hydroxylation is 1. The highest BCUT2D eigenvalue weighted by molar-refractivity contribution is 7.80. The topological polar surface area (TPSA) is 64.0 Å². The molecule has 0 saturated carbocycles. The van der Waals surface area contributed by atoms with Crippen LogP contribution in [0, 0.1) is 13.8 Å². The van der Waals surface area contributed by atoms with Gasteiger partial charge in [0.2, 0.25) is 0 Å². The highest BCUT2D eigenvalue weighted by Crippen LogP contribution is 2.46. The number of methoxy groups -OCH3 is 2. The minimum Gasteiger partial charge on any atom is -0.497 e. The molecule has 8 nitrogen and oxygen atoms in total. The smallest absolute Gasteiger partial charge is 0.174 e. The van der Waals surface area contributed by atoms with Crippen LogP contribution in [0.1, 0.15) is 34.7 Å². The number of hydrogen-bond donors (Lipinski definition) is 1. The molecule has 2 aromatic heterocycles. The van der Waals surface area contributed by atoms with Crippen molar-refractivity contribution in [2.45, 2.75) is 25.9 Å². The summed E-state index contributed by atoms with van der Waals surface area (Å²) in [5, 5.41) is 4.19. The van der Waals surface area contributed by atoms with E-state index < -0.39 is 0 Å². The van der Waals surface area contributed by atoms with Crippen LogP contribution in [0.3, 0.4) is 0 Å². The van der Waals surface area contributed by atoms with Crippen LogP contribution in [0.2, 0.25) is 0 Å². The first-order valence-corrected chi connectivity index (χ1v) is 14.3. The Hall–Kier alpha value is -4.08. The maximum Gasteiger partial charge on any atom is 0.174 e. The van der Waals surface area contributed by atoms with Crippen LogP contribution in [0.15, 0.2) is 72.9 Å². The lowest BCUT2D eigenvalue weighted by atomic mass is 9.96. The van der Waals surface area contributed by atoms with E-state index in [2.05, 4.69) is 63.9 Å². The number of rotatable bonds is 7. The number of aromatic nitrogens is 2. The van der Waals surface area contributed by atoms with Gasteiger partial charge >= 0.3 is 0 Å². The molecule has 2 aliphatic rings. The summed E-state index contributed by atoms with van der Waals surface area (Å²) in [5.74, 6) is 1.41. The van der Waals surface area contributed by atoms with Gasteiger partial charge in [-0.2, -0.15) is 0 Å². The second-order valence-corrected chi connectivity index (χ2v) is 10.7. The Labute approximate surface area is 246 Å². The lowest BCUT2D eigenvalue weighted by Gasteiger charge is -2.29. The summed E-state index contributed by atoms with van der Waals surface area (Å²) in [6, 6.07) is 22.6. The zero-order valence-corrected chi connectivity index (χ0v) is 24.6. The number of nitrogens with one attached hydrogen (secondary N) is 1. The minimum absolute atomic E-state index is 0.159. The maximum atomic E-state index is 5.98. The summed E-state index contributed by atoms with van der Waals surface area (Å²) >= 11 is 5.98. The summed E-state index contributed by atoms with van der Waals surface area (Å²) in [6.45, 7) is 7.70. The molecule has 2 unspecified atom stereocenters. The lowest BCUT2D eigenvalue weighted by Crippen LogP contribution is -2.36. The Bertz CT molecular complexity index is 1530. The maximum absolute atomic E-state index is 5.98. The Morgan fingerprint density at radius 3 is 2.37 bits per heavy atom. The van der Waals surface area contributed by atoms with E-state index in [9.17, 15) is 0 Å². The molecule has 0 radical (unpaired) electrons. The standard InChI is InChI=1S/C32H35N5O3S/c1-21-19-26(22(2)36(21)24-10-8-23(9-11-24)35-15-17-40-18-16-35)31-30(27-7-5-6-14-33-27)34-32(41)37(31)28-13-12-25(38-3)20-29(28)39-4/h5-14,19-20,30-31H,15-18H2,1-4H3,(H,34,41). The van der Waals surface area contributed by atoms with Crippen LogP contribution in [-0.4, -0.2) is 55.2 Å². The number of thiocarbonyl (C=S) groups is 1. The molecule has 212 valence electrons. The number of ether oxygens (including phenoxy) is 3. The Balaban J connectivity index is 1.44. The normalized spacial score (nSPS) is 18.9. The summed E-state index contributed by atoms with van der Waals surface area (Å²) in [6.07, 6.45) is 1.83. The summed E-state index contributed by atoms with van der Waals surface area (Å²) in [4.78, 5) is 9.24. The van der Waals surface area contributed by atoms with Gasteiger partial charge in [-0.05, 0) is 86.2 Å². The van der Waals surface area contributed by atoms with Crippen molar-refractivity contribution in [2.24, 2.45) is 0 Å². The molecule has 2 atom stereocenters. The lowest BCUT2D eigenvalue weighted by molar-refractivity contribution is 0.122. The van der Waals surface area contributed by atoms with Gasteiger partial charge in [0.15, 0.2) is 5.11 Å². The monoisotopic (exact) mass is 569 g/mol. The van der Waals surface area contributed by atoms with Gasteiger partial charge in [-0.3, -0.25) is 4.98 Å². The average Bonchev–Trinajstić information content (AvgIpc) is 3.52. The van der Waals surface area contributed by atoms with E-state index in [4.69, 9.17) is 31.4 Å². The number of hydrogen-bond acceptors (Lipinski definition) is 6. The fourth-order valence-corrected chi connectivity index (χ4v) is 6.37. The second kappa shape index (κ2) is 11.4. The second-order valence-electron chi connectivity index (χ2n) is 10.3. The molecule has 2 saturated heterocycles. The van der Waals surface area contributed by atoms with Crippen LogP contribution < -0.4 is 24.6 Å². The molecule has 0 spiro atoms. The zero-order chi connectivity index (χ0) is 28.5. The third-order valence-corrected chi connectivity index (χ3v) is 8.33. The van der Waals surface area contributed by atoms with Crippen molar-refractivity contribution in [3.63, 3.8) is 0 Å². The Morgan fingerprint density at radius 2 is 1.68 bits per heavy atom. The highest BCUT2D eigenvalue weighted by atomic mass is 32.1. The number of benzene rings is 2. The van der Waals surface area contributed by atoms with Crippen molar-refractivity contribution in [1.82, 2.24) is 14.9 Å². The van der Waals surface area contributed by atoms with E-state index in [1.807, 2.05) is 42.6 Å². The van der Waals surface area contributed by atoms with Crippen LogP contribution >= 0.6 is 12.2 Å². The average molecular weight is 570 g/mol. The van der Waals surface area contributed by atoms with Gasteiger partial charge in [-0.25, -0.2) is 0 Å². The van der Waals surface area contributed by atoms with Crippen LogP contribution in [0.4, 0.5) is 11.4 Å². The van der Waals surface area contributed by atoms with Crippen molar-refractivity contribution >= 4 is 28.7 Å². The third-order valence-electron chi connectivity index (χ3n) is 8.02. The van der Waals surface area contributed by atoms with Gasteiger partial charge in [0.05, 0.1) is 50.9 Å². The van der Waals surface area contributed by atoms with Gasteiger partial charge in [-0.1, -0.05) is 6.07 Å². The fraction of sp³-hybridized carbons (Fsp3) is 0.312. The van der Waals surface area contributed by atoms with E-state index in [1.165, 1.54) is 11.3 Å². The largest absolute Gasteiger partial charge is 0.497 e. The van der Waals surface area contributed by atoms with Gasteiger partial charge < -0.3 is 33.9 Å². The Morgan fingerprint density at radius 1 is 0.927 bits per heavy atom. The molecule has 41 heavy (non-hydrogen) atoms. The fourth-order valence-electron chi connectivity index (χ4n) is 6.03. The first-order valence-electron chi connectivity index (χ1n) is 13.8. The highest BCUT2D eigenvalue weighted by Gasteiger charge is 2.43. The molecular formula is C32H35N5O3S. The van der Waals surface area contributed by atoms with Gasteiger partial charge in [0.25, 0.3) is 0 Å². The van der Waals surface area contributed by atoms with Gasteiger partial charge in [0, 0.05) is 48.1 Å². The molecule has 0 bridgehead atoms. The van der Waals surface area contributed by atoms with E-state index in [0.29, 0.717) is 10.9 Å². The van der Waals surface area contributed by atoms with Crippen LogP contribution in [0.25, 0.3) is 5.69 Å². The number of anilines is 2. The number of nitrogens with zero attached hydrogens (tertiary/aromatic N) is 4. The van der Waals surface area contributed by atoms with Crippen molar-refractivity contribution < 1.29 is 14.2 Å². The Kier molecular flexibility index (Phi) is 7.55. The van der Waals surface area contributed by atoms with E-state index >= 15 is 0 Å². The van der Waals surface area contributed by atoms with Crippen molar-refractivity contribution in [2.75, 3.05) is 50.3 Å². The van der Waals surface area contributed by atoms with Crippen molar-refractivity contribution in [1.29, 1.82) is 0 Å². The molecule has 2 aromatic carbocycles. The first kappa shape index (κ1) is 27.1. The molecule has 4 heterocycles. The van der Waals surface area contributed by atoms with Crippen molar-refractivity contribution in [3.8, 4) is 17.2 Å². The first-order chi connectivity index (χ1) is 20.0. The quantitative estimate of drug-likeness (QED) is 0.292. The summed E-state index contributed by atoms with van der Waals surface area (Å²) in [7, 11) is 3.32. The predicted molar refractivity (Wildman–Crippen MR) is 166 cm³/mol. The minimum atomic E-state index is -0.160. The molecule has 0 aliphatic carbocycles. The molecule has 6 rings (SSSR count). The van der Waals surface area contributed by atoms with E-state index in [1.54, 1.807) is 14.2 Å². The molecule has 4 aromatic rings. The van der Waals surface area contributed by atoms with Crippen LogP contribution in [-0.2, 0) is 4.74 Å². The molecule has 1 N–H and O–H groups in total. The molecular weight excluding hydrogens is 534 g/mol. The van der Waals surface area contributed by atoms with E-state index in [0.717, 1.165) is 60.5 Å². The number of morpholine rings is 1. The summed E-state index contributed by atoms with van der Waals surface area (Å²) < 4.78 is 19.1. The summed E-state index contributed by atoms with van der Waals surface area (Å²) in [5.41, 5.74) is 7.61. The SMILES string of the molecule is COc1ccc(N2C(=S)NC(c3ccccn3)C2c2cc(C)n(-c3ccc(N4CCOCC4)cc3)c2C)c(OC)c1. The van der Waals surface area contributed by atoms with Gasteiger partial charge in [0.1, 0.15) is 11.5 Å². The molecule has 9 heteroatoms. The predicted octanol–water partition coefficient (Wildman–Crippen LogP) is 5.52. The number of pyridine rings is 1. The van der Waals surface area contributed by atoms with E-state index in [-0.39, 0.29) is 12.1 Å². The van der Waals surface area contributed by atoms with Crippen molar-refractivity contribution in [3.05, 3.63) is 95.6 Å². The third kappa shape index (κ3) is 5.00.